The van der Waals surface area contributed by atoms with Crippen LogP contribution in [0.15, 0.2) is 12.1 Å². The Hall–Kier alpha value is -1.16. The van der Waals surface area contributed by atoms with Crippen molar-refractivity contribution < 1.29 is 0 Å². The Morgan fingerprint density at radius 3 is 3.09 bits per heavy atom. The van der Waals surface area contributed by atoms with Crippen LogP contribution in [-0.4, -0.2) is 20.0 Å². The largest absolute Gasteiger partial charge is 0.246 e. The second kappa shape index (κ2) is 2.17. The molecule has 0 aliphatic heterocycles. The van der Waals surface area contributed by atoms with Crippen LogP contribution in [0.3, 0.4) is 0 Å². The highest BCUT2D eigenvalue weighted by Gasteiger charge is 2.01. The zero-order valence-corrected chi connectivity index (χ0v) is 6.58. The zero-order valence-electron chi connectivity index (χ0n) is 5.82. The van der Waals surface area contributed by atoms with E-state index >= 15 is 0 Å². The maximum absolute atomic E-state index is 5.64. The minimum absolute atomic E-state index is 0.443. The van der Waals surface area contributed by atoms with Gasteiger partial charge in [-0.05, 0) is 12.1 Å². The van der Waals surface area contributed by atoms with E-state index < -0.39 is 0 Å². The molecule has 0 amide bonds. The summed E-state index contributed by atoms with van der Waals surface area (Å²) in [7, 11) is 1.81. The molecule has 5 heteroatoms. The van der Waals surface area contributed by atoms with E-state index in [1.54, 1.807) is 10.7 Å². The first-order valence-corrected chi connectivity index (χ1v) is 3.47. The molecule has 0 spiro atoms. The molecular formula is C6H5ClN4. The average Bonchev–Trinajstić information content (AvgIpc) is 2.32. The molecule has 0 bridgehead atoms. The lowest BCUT2D eigenvalue weighted by Gasteiger charge is -1.89. The lowest BCUT2D eigenvalue weighted by atomic mass is 10.4. The number of aryl methyl sites for hydroxylation is 1. The average molecular weight is 169 g/mol. The highest BCUT2D eigenvalue weighted by Crippen LogP contribution is 2.10. The summed E-state index contributed by atoms with van der Waals surface area (Å²) in [4.78, 5) is 3.97. The smallest absolute Gasteiger partial charge is 0.203 e. The quantitative estimate of drug-likeness (QED) is 0.552. The molecule has 0 N–H and O–H groups in total. The summed E-state index contributed by atoms with van der Waals surface area (Å²) in [5.74, 6) is 0. The summed E-state index contributed by atoms with van der Waals surface area (Å²) in [5, 5.41) is 8.02. The molecule has 11 heavy (non-hydrogen) atoms. The van der Waals surface area contributed by atoms with Gasteiger partial charge in [0.15, 0.2) is 0 Å². The summed E-state index contributed by atoms with van der Waals surface area (Å²) in [6, 6.07) is 3.55. The third-order valence-electron chi connectivity index (χ3n) is 1.44. The summed E-state index contributed by atoms with van der Waals surface area (Å²) in [6.07, 6.45) is 0. The van der Waals surface area contributed by atoms with E-state index in [0.717, 1.165) is 5.52 Å². The Morgan fingerprint density at radius 2 is 2.27 bits per heavy atom. The predicted molar refractivity (Wildman–Crippen MR) is 41.3 cm³/mol. The van der Waals surface area contributed by atoms with Crippen molar-refractivity contribution in [2.45, 2.75) is 0 Å². The second-order valence-corrected chi connectivity index (χ2v) is 2.58. The number of hydrogen-bond donors (Lipinski definition) is 0. The third kappa shape index (κ3) is 0.952. The molecule has 0 atom stereocenters. The lowest BCUT2D eigenvalue weighted by molar-refractivity contribution is 0.736. The first-order chi connectivity index (χ1) is 5.27. The van der Waals surface area contributed by atoms with Crippen LogP contribution in [0.1, 0.15) is 0 Å². The fourth-order valence-corrected chi connectivity index (χ4v) is 1.04. The van der Waals surface area contributed by atoms with Gasteiger partial charge in [-0.15, -0.1) is 5.10 Å². The standard InChI is InChI=1S/C6H5ClN4/c1-11-4-2-3-5(7)8-6(4)9-10-11/h2-3H,1H3. The molecule has 0 fully saturated rings. The van der Waals surface area contributed by atoms with Gasteiger partial charge >= 0.3 is 0 Å². The molecule has 0 aliphatic rings. The zero-order chi connectivity index (χ0) is 7.84. The van der Waals surface area contributed by atoms with Gasteiger partial charge in [0.25, 0.3) is 0 Å². The van der Waals surface area contributed by atoms with Gasteiger partial charge in [0.05, 0.1) is 0 Å². The number of hydrogen-bond acceptors (Lipinski definition) is 3. The van der Waals surface area contributed by atoms with E-state index in [1.807, 2.05) is 13.1 Å². The van der Waals surface area contributed by atoms with Crippen LogP contribution < -0.4 is 0 Å². The van der Waals surface area contributed by atoms with Gasteiger partial charge in [0.2, 0.25) is 5.65 Å². The molecule has 0 saturated heterocycles. The van der Waals surface area contributed by atoms with Gasteiger partial charge in [-0.1, -0.05) is 16.8 Å². The highest BCUT2D eigenvalue weighted by atomic mass is 35.5. The summed E-state index contributed by atoms with van der Waals surface area (Å²) < 4.78 is 1.65. The van der Waals surface area contributed by atoms with Crippen LogP contribution >= 0.6 is 11.6 Å². The van der Waals surface area contributed by atoms with Gasteiger partial charge < -0.3 is 0 Å². The van der Waals surface area contributed by atoms with E-state index in [4.69, 9.17) is 11.6 Å². The maximum Gasteiger partial charge on any atom is 0.203 e. The molecule has 0 aromatic carbocycles. The third-order valence-corrected chi connectivity index (χ3v) is 1.65. The molecule has 0 aliphatic carbocycles. The van der Waals surface area contributed by atoms with Crippen LogP contribution in [0.4, 0.5) is 0 Å². The first kappa shape index (κ1) is 6.54. The minimum atomic E-state index is 0.443. The van der Waals surface area contributed by atoms with Crippen molar-refractivity contribution in [3.8, 4) is 0 Å². The van der Waals surface area contributed by atoms with Crippen molar-refractivity contribution in [2.24, 2.45) is 7.05 Å². The number of aromatic nitrogens is 4. The molecule has 0 unspecified atom stereocenters. The SMILES string of the molecule is Cn1nnc2nc(Cl)ccc21. The maximum atomic E-state index is 5.64. The van der Waals surface area contributed by atoms with Crippen molar-refractivity contribution in [2.75, 3.05) is 0 Å². The van der Waals surface area contributed by atoms with Gasteiger partial charge in [-0.2, -0.15) is 0 Å². The molecule has 2 heterocycles. The topological polar surface area (TPSA) is 43.6 Å². The number of fused-ring (bicyclic) bond motifs is 1. The molecule has 4 nitrogen and oxygen atoms in total. The van der Waals surface area contributed by atoms with E-state index in [9.17, 15) is 0 Å². The fourth-order valence-electron chi connectivity index (χ4n) is 0.902. The summed E-state index contributed by atoms with van der Waals surface area (Å²) in [6.45, 7) is 0. The highest BCUT2D eigenvalue weighted by molar-refractivity contribution is 6.29. The Morgan fingerprint density at radius 1 is 1.45 bits per heavy atom. The predicted octanol–water partition coefficient (Wildman–Crippen LogP) is 1.02. The van der Waals surface area contributed by atoms with Crippen molar-refractivity contribution >= 4 is 22.8 Å². The van der Waals surface area contributed by atoms with E-state index in [2.05, 4.69) is 15.3 Å². The number of halogens is 1. The van der Waals surface area contributed by atoms with Gasteiger partial charge in [-0.3, -0.25) is 0 Å². The van der Waals surface area contributed by atoms with Crippen molar-refractivity contribution in [3.05, 3.63) is 17.3 Å². The van der Waals surface area contributed by atoms with Gasteiger partial charge in [0.1, 0.15) is 10.7 Å². The normalized spacial score (nSPS) is 10.7. The molecule has 0 saturated carbocycles. The fraction of sp³-hybridized carbons (Fsp3) is 0.167. The van der Waals surface area contributed by atoms with E-state index in [0.29, 0.717) is 10.8 Å². The molecule has 56 valence electrons. The van der Waals surface area contributed by atoms with E-state index in [1.165, 1.54) is 0 Å². The van der Waals surface area contributed by atoms with Crippen LogP contribution in [0.25, 0.3) is 11.2 Å². The number of rotatable bonds is 0. The Balaban J connectivity index is 2.86. The molecular weight excluding hydrogens is 164 g/mol. The van der Waals surface area contributed by atoms with Crippen molar-refractivity contribution in [1.82, 2.24) is 20.0 Å². The second-order valence-electron chi connectivity index (χ2n) is 2.19. The molecule has 2 aromatic rings. The monoisotopic (exact) mass is 168 g/mol. The van der Waals surface area contributed by atoms with Crippen LogP contribution in [0.5, 0.6) is 0 Å². The van der Waals surface area contributed by atoms with Crippen LogP contribution in [-0.2, 0) is 7.05 Å². The van der Waals surface area contributed by atoms with Gasteiger partial charge in [0, 0.05) is 7.05 Å². The Bertz CT molecular complexity index is 394. The van der Waals surface area contributed by atoms with E-state index in [-0.39, 0.29) is 0 Å². The van der Waals surface area contributed by atoms with Crippen LogP contribution in [0, 0.1) is 0 Å². The number of nitrogens with zero attached hydrogens (tertiary/aromatic N) is 4. The van der Waals surface area contributed by atoms with Gasteiger partial charge in [-0.25, -0.2) is 9.67 Å². The molecule has 0 radical (unpaired) electrons. The summed E-state index contributed by atoms with van der Waals surface area (Å²) >= 11 is 5.64. The molecule has 2 rings (SSSR count). The van der Waals surface area contributed by atoms with Crippen molar-refractivity contribution in [1.29, 1.82) is 0 Å². The van der Waals surface area contributed by atoms with Crippen molar-refractivity contribution in [3.63, 3.8) is 0 Å². The first-order valence-electron chi connectivity index (χ1n) is 3.09. The Kier molecular flexibility index (Phi) is 1.29. The summed E-state index contributed by atoms with van der Waals surface area (Å²) in [5.41, 5.74) is 1.47. The minimum Gasteiger partial charge on any atom is -0.246 e. The molecule has 2 aromatic heterocycles. The Labute approximate surface area is 67.8 Å². The van der Waals surface area contributed by atoms with Crippen LogP contribution in [0.2, 0.25) is 5.15 Å². The lowest BCUT2D eigenvalue weighted by Crippen LogP contribution is -1.88. The number of pyridine rings is 1.